The number of hydrogen-bond acceptors (Lipinski definition) is 2. The van der Waals surface area contributed by atoms with Gasteiger partial charge in [-0.2, -0.15) is 0 Å². The van der Waals surface area contributed by atoms with E-state index in [0.29, 0.717) is 5.92 Å². The zero-order valence-corrected chi connectivity index (χ0v) is 7.63. The Bertz CT molecular complexity index is 176. The summed E-state index contributed by atoms with van der Waals surface area (Å²) >= 11 is 0. The van der Waals surface area contributed by atoms with Crippen molar-refractivity contribution in [3.05, 3.63) is 0 Å². The van der Waals surface area contributed by atoms with Crippen LogP contribution >= 0.6 is 24.8 Å². The lowest BCUT2D eigenvalue weighted by molar-refractivity contribution is -0.120. The molecule has 0 radical (unpaired) electrons. The zero-order valence-electron chi connectivity index (χ0n) is 6.00. The van der Waals surface area contributed by atoms with Crippen LogP contribution in [0.3, 0.4) is 0 Å². The van der Waals surface area contributed by atoms with Crippen LogP contribution in [0.1, 0.15) is 12.8 Å². The molecule has 0 unspecified atom stereocenters. The third kappa shape index (κ3) is 1.33. The molecule has 0 aromatic heterocycles. The Balaban J connectivity index is 0.000000500. The van der Waals surface area contributed by atoms with E-state index in [4.69, 9.17) is 5.73 Å². The molecule has 1 saturated carbocycles. The van der Waals surface area contributed by atoms with Gasteiger partial charge in [-0.25, -0.2) is 0 Å². The minimum absolute atomic E-state index is 0. The minimum atomic E-state index is -0.250. The van der Waals surface area contributed by atoms with E-state index in [1.807, 2.05) is 0 Å². The highest BCUT2D eigenvalue weighted by Gasteiger charge is 2.61. The Morgan fingerprint density at radius 1 is 1.55 bits per heavy atom. The quantitative estimate of drug-likeness (QED) is 0.627. The molecule has 1 aliphatic heterocycles. The number of halogens is 2. The molecule has 0 aromatic rings. The van der Waals surface area contributed by atoms with Gasteiger partial charge in [-0.1, -0.05) is 0 Å². The lowest BCUT2D eigenvalue weighted by Gasteiger charge is -2.05. The molecule has 3 nitrogen and oxygen atoms in total. The number of carbonyl (C=O) groups excluding carboxylic acids is 1. The van der Waals surface area contributed by atoms with E-state index in [0.717, 1.165) is 19.4 Å². The molecular formula is C6H12Cl2N2O. The Kier molecular flexibility index (Phi) is 3.17. The van der Waals surface area contributed by atoms with Crippen molar-refractivity contribution in [2.45, 2.75) is 18.4 Å². The van der Waals surface area contributed by atoms with Crippen molar-refractivity contribution >= 4 is 30.7 Å². The van der Waals surface area contributed by atoms with Crippen LogP contribution in [0.2, 0.25) is 0 Å². The van der Waals surface area contributed by atoms with Crippen LogP contribution in [0.15, 0.2) is 0 Å². The Morgan fingerprint density at radius 2 is 2.18 bits per heavy atom. The number of amides is 1. The highest BCUT2D eigenvalue weighted by atomic mass is 35.5. The van der Waals surface area contributed by atoms with E-state index in [-0.39, 0.29) is 36.3 Å². The van der Waals surface area contributed by atoms with E-state index < -0.39 is 0 Å². The third-order valence-electron chi connectivity index (χ3n) is 2.48. The summed E-state index contributed by atoms with van der Waals surface area (Å²) < 4.78 is 0. The Morgan fingerprint density at radius 3 is 2.36 bits per heavy atom. The van der Waals surface area contributed by atoms with Gasteiger partial charge in [0.1, 0.15) is 5.54 Å². The van der Waals surface area contributed by atoms with Crippen LogP contribution in [-0.4, -0.2) is 18.0 Å². The molecule has 0 spiro atoms. The van der Waals surface area contributed by atoms with Gasteiger partial charge in [0.15, 0.2) is 0 Å². The first kappa shape index (κ1) is 11.0. The molecule has 1 aliphatic carbocycles. The van der Waals surface area contributed by atoms with Crippen LogP contribution in [0, 0.1) is 5.92 Å². The fraction of sp³-hybridized carbons (Fsp3) is 0.833. The van der Waals surface area contributed by atoms with Gasteiger partial charge < -0.3 is 11.1 Å². The minimum Gasteiger partial charge on any atom is -0.368 e. The molecular weight excluding hydrogens is 187 g/mol. The monoisotopic (exact) mass is 198 g/mol. The van der Waals surface area contributed by atoms with E-state index in [1.54, 1.807) is 0 Å². The van der Waals surface area contributed by atoms with Crippen molar-refractivity contribution in [1.82, 2.24) is 5.32 Å². The number of fused-ring (bicyclic) bond motifs is 1. The van der Waals surface area contributed by atoms with E-state index in [9.17, 15) is 4.79 Å². The van der Waals surface area contributed by atoms with Crippen molar-refractivity contribution in [3.63, 3.8) is 0 Å². The maximum absolute atomic E-state index is 10.7. The maximum Gasteiger partial charge on any atom is 0.238 e. The summed E-state index contributed by atoms with van der Waals surface area (Å²) in [6.45, 7) is 0.966. The average Bonchev–Trinajstić information content (AvgIpc) is 2.38. The van der Waals surface area contributed by atoms with Crippen LogP contribution in [0.5, 0.6) is 0 Å². The second-order valence-electron chi connectivity index (χ2n) is 2.95. The fourth-order valence-electron chi connectivity index (χ4n) is 1.75. The summed E-state index contributed by atoms with van der Waals surface area (Å²) in [7, 11) is 0. The van der Waals surface area contributed by atoms with E-state index in [2.05, 4.69) is 5.32 Å². The molecule has 5 heteroatoms. The first-order chi connectivity index (χ1) is 4.26. The van der Waals surface area contributed by atoms with Crippen LogP contribution in [-0.2, 0) is 4.79 Å². The summed E-state index contributed by atoms with van der Waals surface area (Å²) in [6.07, 6.45) is 2.10. The van der Waals surface area contributed by atoms with Gasteiger partial charge in [0.05, 0.1) is 0 Å². The van der Waals surface area contributed by atoms with Crippen molar-refractivity contribution < 1.29 is 4.79 Å². The molecule has 1 saturated heterocycles. The van der Waals surface area contributed by atoms with Crippen molar-refractivity contribution in [2.24, 2.45) is 11.7 Å². The standard InChI is InChI=1S/C6H10N2O.2ClH/c7-5(9)6-3-4(6)1-2-8-6;;/h4,8H,1-3H2,(H2,7,9);2*1H/t4-,6+;;/m1../s1. The number of piperidine rings is 1. The molecule has 11 heavy (non-hydrogen) atoms. The zero-order chi connectivity index (χ0) is 6.48. The first-order valence-electron chi connectivity index (χ1n) is 3.31. The number of nitrogens with one attached hydrogen (secondary N) is 1. The fourth-order valence-corrected chi connectivity index (χ4v) is 1.75. The number of primary amides is 1. The molecule has 2 rings (SSSR count). The lowest BCUT2D eigenvalue weighted by atomic mass is 10.2. The van der Waals surface area contributed by atoms with Crippen molar-refractivity contribution in [3.8, 4) is 0 Å². The van der Waals surface area contributed by atoms with E-state index >= 15 is 0 Å². The Hall–Kier alpha value is 0.01000. The molecule has 1 amide bonds. The molecule has 3 N–H and O–H groups in total. The highest BCUT2D eigenvalue weighted by molar-refractivity contribution is 5.89. The maximum atomic E-state index is 10.7. The second-order valence-corrected chi connectivity index (χ2v) is 2.95. The summed E-state index contributed by atoms with van der Waals surface area (Å²) in [6, 6.07) is 0. The summed E-state index contributed by atoms with van der Waals surface area (Å²) in [5.74, 6) is 0.403. The number of rotatable bonds is 1. The van der Waals surface area contributed by atoms with Gasteiger partial charge in [0.2, 0.25) is 5.91 Å². The van der Waals surface area contributed by atoms with E-state index in [1.165, 1.54) is 0 Å². The lowest BCUT2D eigenvalue weighted by Crippen LogP contribution is -2.41. The first-order valence-corrected chi connectivity index (χ1v) is 3.31. The van der Waals surface area contributed by atoms with Crippen LogP contribution < -0.4 is 11.1 Å². The van der Waals surface area contributed by atoms with Crippen molar-refractivity contribution in [2.75, 3.05) is 6.54 Å². The Labute approximate surface area is 77.9 Å². The van der Waals surface area contributed by atoms with Crippen molar-refractivity contribution in [1.29, 1.82) is 0 Å². The molecule has 2 fully saturated rings. The molecule has 66 valence electrons. The molecule has 0 aromatic carbocycles. The van der Waals surface area contributed by atoms with Crippen LogP contribution in [0.25, 0.3) is 0 Å². The normalized spacial score (nSPS) is 38.0. The summed E-state index contributed by atoms with van der Waals surface area (Å²) in [5, 5.41) is 3.13. The number of carbonyl (C=O) groups is 1. The smallest absolute Gasteiger partial charge is 0.238 e. The highest BCUT2D eigenvalue weighted by Crippen LogP contribution is 2.49. The average molecular weight is 199 g/mol. The molecule has 1 heterocycles. The van der Waals surface area contributed by atoms with Gasteiger partial charge in [-0.05, 0) is 25.3 Å². The van der Waals surface area contributed by atoms with Gasteiger partial charge in [0, 0.05) is 0 Å². The van der Waals surface area contributed by atoms with Gasteiger partial charge in [-0.3, -0.25) is 4.79 Å². The summed E-state index contributed by atoms with van der Waals surface area (Å²) in [4.78, 5) is 10.7. The second kappa shape index (κ2) is 3.17. The molecule has 2 aliphatic rings. The predicted molar refractivity (Wildman–Crippen MR) is 47.1 cm³/mol. The largest absolute Gasteiger partial charge is 0.368 e. The molecule has 2 atom stereocenters. The SMILES string of the molecule is Cl.Cl.NC(=O)[C@]12C[C@H]1CCN2. The topological polar surface area (TPSA) is 55.1 Å². The van der Waals surface area contributed by atoms with Gasteiger partial charge in [0.25, 0.3) is 0 Å². The third-order valence-corrected chi connectivity index (χ3v) is 2.48. The summed E-state index contributed by atoms with van der Waals surface area (Å²) in [5.41, 5.74) is 4.92. The molecule has 0 bridgehead atoms. The van der Waals surface area contributed by atoms with Gasteiger partial charge in [-0.15, -0.1) is 24.8 Å². The predicted octanol–water partition coefficient (Wildman–Crippen LogP) is 0.0673. The van der Waals surface area contributed by atoms with Crippen LogP contribution in [0.4, 0.5) is 0 Å². The number of nitrogens with two attached hydrogens (primary N) is 1. The number of hydrogen-bond donors (Lipinski definition) is 2. The van der Waals surface area contributed by atoms with Gasteiger partial charge >= 0.3 is 0 Å².